The highest BCUT2D eigenvalue weighted by molar-refractivity contribution is 6.12. The lowest BCUT2D eigenvalue weighted by Gasteiger charge is -2.27. The van der Waals surface area contributed by atoms with Crippen molar-refractivity contribution in [3.63, 3.8) is 0 Å². The summed E-state index contributed by atoms with van der Waals surface area (Å²) in [4.78, 5) is 5.27. The van der Waals surface area contributed by atoms with E-state index >= 15 is 0 Å². The molecule has 10 rings (SSSR count). The van der Waals surface area contributed by atoms with Gasteiger partial charge < -0.3 is 9.30 Å². The molecule has 0 saturated carbocycles. The molecule has 0 radical (unpaired) electrons. The van der Waals surface area contributed by atoms with E-state index < -0.39 is 0 Å². The van der Waals surface area contributed by atoms with Crippen molar-refractivity contribution in [3.8, 4) is 28.7 Å². The van der Waals surface area contributed by atoms with Crippen molar-refractivity contribution in [2.45, 2.75) is 74.7 Å². The summed E-state index contributed by atoms with van der Waals surface area (Å²) in [5.41, 5.74) is 18.3. The second-order valence-electron chi connectivity index (χ2n) is 17.6. The van der Waals surface area contributed by atoms with E-state index in [4.69, 9.17) is 14.8 Å². The molecule has 0 atom stereocenters. The number of ether oxygens (including phenoxy) is 1. The number of fused-ring (bicyclic) bond motifs is 6. The lowest BCUT2D eigenvalue weighted by atomic mass is 9.78. The van der Waals surface area contributed by atoms with E-state index in [-0.39, 0.29) is 5.41 Å². The molecule has 61 heavy (non-hydrogen) atoms. The van der Waals surface area contributed by atoms with Crippen LogP contribution in [0.2, 0.25) is 0 Å². The van der Waals surface area contributed by atoms with Gasteiger partial charge in [0.15, 0.2) is 0 Å². The van der Waals surface area contributed by atoms with Crippen LogP contribution in [0.1, 0.15) is 69.7 Å². The van der Waals surface area contributed by atoms with Crippen molar-refractivity contribution in [3.05, 3.63) is 183 Å². The fourth-order valence-electron chi connectivity index (χ4n) is 9.65. The van der Waals surface area contributed by atoms with Crippen molar-refractivity contribution in [2.24, 2.45) is 0 Å². The van der Waals surface area contributed by atoms with Gasteiger partial charge in [0.25, 0.3) is 0 Å². The molecule has 0 fully saturated rings. The number of nitrogens with zero attached hydrogens (tertiary/aromatic N) is 5. The van der Waals surface area contributed by atoms with Crippen molar-refractivity contribution in [1.29, 1.82) is 0 Å². The number of aromatic nitrogens is 5. The predicted octanol–water partition coefficient (Wildman–Crippen LogP) is 14.0. The van der Waals surface area contributed by atoms with Crippen molar-refractivity contribution < 1.29 is 4.74 Å². The Morgan fingerprint density at radius 1 is 0.508 bits per heavy atom. The zero-order valence-electron chi connectivity index (χ0n) is 36.8. The molecule has 6 aromatic carbocycles. The van der Waals surface area contributed by atoms with Gasteiger partial charge in [0.2, 0.25) is 0 Å². The monoisotopic (exact) mass is 797 g/mol. The number of para-hydroxylation sites is 1. The number of hydrogen-bond acceptors (Lipinski definition) is 3. The number of benzene rings is 6. The molecule has 302 valence electrons. The van der Waals surface area contributed by atoms with E-state index in [9.17, 15) is 0 Å². The van der Waals surface area contributed by atoms with E-state index in [2.05, 4.69) is 193 Å². The zero-order chi connectivity index (χ0) is 42.5. The number of rotatable bonds is 7. The normalized spacial score (nSPS) is 12.1. The lowest BCUT2D eigenvalue weighted by Crippen LogP contribution is -2.19. The molecule has 6 heteroatoms. The van der Waals surface area contributed by atoms with Gasteiger partial charge in [0, 0.05) is 56.5 Å². The minimum absolute atomic E-state index is 0.293. The van der Waals surface area contributed by atoms with Crippen LogP contribution in [0.25, 0.3) is 60.8 Å². The fraction of sp³-hybridized carbons (Fsp3) is 0.200. The molecule has 10 aromatic rings. The molecule has 0 aliphatic carbocycles. The summed E-state index contributed by atoms with van der Waals surface area (Å²) in [7, 11) is 0. The molecule has 4 heterocycles. The SMILES string of the molecule is Cc1cc(C)n(-c2cc(Oc3ccc4c5ccccc5n(-c5ncc(C)c(-n6c7c(C)c(C)ccc7c7ccc(C)c(C)c76)c5C)c4c3)cc(C(C)(C)c3ccccc3)c2)n1. The highest BCUT2D eigenvalue weighted by Gasteiger charge is 2.27. The van der Waals surface area contributed by atoms with Gasteiger partial charge in [-0.2, -0.15) is 5.10 Å². The Bertz CT molecular complexity index is 3330. The summed E-state index contributed by atoms with van der Waals surface area (Å²) >= 11 is 0. The summed E-state index contributed by atoms with van der Waals surface area (Å²) < 4.78 is 13.8. The molecule has 0 aliphatic rings. The van der Waals surface area contributed by atoms with Crippen LogP contribution in [-0.2, 0) is 5.41 Å². The summed E-state index contributed by atoms with van der Waals surface area (Å²) in [6.07, 6.45) is 2.05. The minimum Gasteiger partial charge on any atom is -0.457 e. The highest BCUT2D eigenvalue weighted by atomic mass is 16.5. The smallest absolute Gasteiger partial charge is 0.142 e. The van der Waals surface area contributed by atoms with Crippen LogP contribution in [0.4, 0.5) is 0 Å². The first kappa shape index (κ1) is 38.3. The largest absolute Gasteiger partial charge is 0.457 e. The van der Waals surface area contributed by atoms with Gasteiger partial charge in [-0.25, -0.2) is 9.67 Å². The maximum atomic E-state index is 6.95. The van der Waals surface area contributed by atoms with Crippen LogP contribution in [0.15, 0.2) is 128 Å². The van der Waals surface area contributed by atoms with Gasteiger partial charge >= 0.3 is 0 Å². The van der Waals surface area contributed by atoms with Crippen LogP contribution in [0.3, 0.4) is 0 Å². The zero-order valence-corrected chi connectivity index (χ0v) is 36.8. The standard InChI is InChI=1S/C55H51N5O/c1-32-20-23-47-48-24-21-33(2)38(7)53(48)59(52(47)37(32)6)51-34(3)31-56-54(39(51)8)58-49-19-15-14-18-45(49)46-25-22-43(30-50(46)58)61-44-28-41(55(9,10)40-16-12-11-13-17-40)27-42(29-44)60-36(5)26-35(4)57-60/h11-31H,1-10H3. The van der Waals surface area contributed by atoms with Gasteiger partial charge in [-0.1, -0.05) is 86.6 Å². The van der Waals surface area contributed by atoms with Gasteiger partial charge in [-0.3, -0.25) is 4.57 Å². The van der Waals surface area contributed by atoms with Crippen LogP contribution in [0.5, 0.6) is 11.5 Å². The second kappa shape index (κ2) is 14.1. The molecule has 0 saturated heterocycles. The summed E-state index contributed by atoms with van der Waals surface area (Å²) in [6, 6.07) is 43.5. The Labute approximate surface area is 357 Å². The second-order valence-corrected chi connectivity index (χ2v) is 17.6. The topological polar surface area (TPSA) is 49.8 Å². The van der Waals surface area contributed by atoms with E-state index in [1.807, 2.05) is 17.8 Å². The number of pyridine rings is 1. The van der Waals surface area contributed by atoms with Gasteiger partial charge in [0.05, 0.1) is 39.1 Å². The third-order valence-electron chi connectivity index (χ3n) is 13.3. The minimum atomic E-state index is -0.293. The summed E-state index contributed by atoms with van der Waals surface area (Å²) in [6.45, 7) is 22.0. The lowest BCUT2D eigenvalue weighted by molar-refractivity contribution is 0.480. The first-order valence-corrected chi connectivity index (χ1v) is 21.2. The average Bonchev–Trinajstić information content (AvgIpc) is 3.89. The molecule has 0 unspecified atom stereocenters. The molecule has 6 nitrogen and oxygen atoms in total. The highest BCUT2D eigenvalue weighted by Crippen LogP contribution is 2.42. The molecule has 0 amide bonds. The van der Waals surface area contributed by atoms with E-state index in [0.29, 0.717) is 0 Å². The molecule has 0 spiro atoms. The first-order chi connectivity index (χ1) is 29.3. The Morgan fingerprint density at radius 3 is 1.82 bits per heavy atom. The quantitative estimate of drug-likeness (QED) is 0.161. The molecule has 0 aliphatic heterocycles. The molecular formula is C55H51N5O. The Morgan fingerprint density at radius 2 is 1.15 bits per heavy atom. The third kappa shape index (κ3) is 5.99. The van der Waals surface area contributed by atoms with Crippen LogP contribution in [0, 0.1) is 55.4 Å². The first-order valence-electron chi connectivity index (χ1n) is 21.2. The van der Waals surface area contributed by atoms with Gasteiger partial charge in [-0.05, 0) is 131 Å². The fourth-order valence-corrected chi connectivity index (χ4v) is 9.65. The molecule has 4 aromatic heterocycles. The van der Waals surface area contributed by atoms with Crippen LogP contribution < -0.4 is 4.74 Å². The van der Waals surface area contributed by atoms with Crippen molar-refractivity contribution in [2.75, 3.05) is 0 Å². The Kier molecular flexibility index (Phi) is 8.85. The van der Waals surface area contributed by atoms with Gasteiger partial charge in [-0.15, -0.1) is 0 Å². The van der Waals surface area contributed by atoms with E-state index in [1.54, 1.807) is 0 Å². The predicted molar refractivity (Wildman–Crippen MR) is 253 cm³/mol. The number of hydrogen-bond donors (Lipinski definition) is 0. The molecule has 0 bridgehead atoms. The van der Waals surface area contributed by atoms with Crippen LogP contribution in [-0.4, -0.2) is 23.9 Å². The summed E-state index contributed by atoms with van der Waals surface area (Å²) in [5, 5.41) is 9.73. The Hall–Kier alpha value is -6.92. The maximum absolute atomic E-state index is 6.95. The van der Waals surface area contributed by atoms with Crippen molar-refractivity contribution in [1.82, 2.24) is 23.9 Å². The van der Waals surface area contributed by atoms with Crippen molar-refractivity contribution >= 4 is 43.6 Å². The van der Waals surface area contributed by atoms with E-state index in [1.165, 1.54) is 60.7 Å². The van der Waals surface area contributed by atoms with Crippen LogP contribution >= 0.6 is 0 Å². The number of aryl methyl sites for hydroxylation is 7. The third-order valence-corrected chi connectivity index (χ3v) is 13.3. The molecular weight excluding hydrogens is 747 g/mol. The maximum Gasteiger partial charge on any atom is 0.142 e. The van der Waals surface area contributed by atoms with E-state index in [0.717, 1.165) is 67.5 Å². The summed E-state index contributed by atoms with van der Waals surface area (Å²) in [5.74, 6) is 2.39. The molecule has 0 N–H and O–H groups in total. The average molecular weight is 798 g/mol. The van der Waals surface area contributed by atoms with Gasteiger partial charge in [0.1, 0.15) is 17.3 Å². The Balaban J connectivity index is 1.18.